The Morgan fingerprint density at radius 3 is 2.57 bits per heavy atom. The van der Waals surface area contributed by atoms with Crippen molar-refractivity contribution in [2.24, 2.45) is 0 Å². The van der Waals surface area contributed by atoms with Crippen LogP contribution in [0.1, 0.15) is 0 Å². The van der Waals surface area contributed by atoms with Gasteiger partial charge in [-0.25, -0.2) is 0 Å². The summed E-state index contributed by atoms with van der Waals surface area (Å²) in [4.78, 5) is 2.08. The molecule has 0 fully saturated rings. The van der Waals surface area contributed by atoms with E-state index in [0.29, 0.717) is 0 Å². The lowest BCUT2D eigenvalue weighted by Crippen LogP contribution is -2.08. The normalized spacial score (nSPS) is 10.1. The summed E-state index contributed by atoms with van der Waals surface area (Å²) in [6.45, 7) is 0. The van der Waals surface area contributed by atoms with Crippen LogP contribution >= 0.6 is 0 Å². The number of hydrogen-bond donors (Lipinski definition) is 0. The number of hydrogen-bond acceptors (Lipinski definition) is 2. The van der Waals surface area contributed by atoms with Gasteiger partial charge in [0.25, 0.3) is 0 Å². The largest absolute Gasteiger partial charge is 0.464 e. The average Bonchev–Trinajstić information content (AvgIpc) is 2.71. The van der Waals surface area contributed by atoms with E-state index < -0.39 is 0 Å². The number of benzene rings is 1. The average molecular weight is 187 g/mol. The predicted molar refractivity (Wildman–Crippen MR) is 58.5 cm³/mol. The van der Waals surface area contributed by atoms with Gasteiger partial charge in [-0.15, -0.1) is 0 Å². The van der Waals surface area contributed by atoms with Gasteiger partial charge in [-0.1, -0.05) is 12.1 Å². The van der Waals surface area contributed by atoms with E-state index in [4.69, 9.17) is 4.42 Å². The number of nitrogens with zero attached hydrogens (tertiary/aromatic N) is 1. The topological polar surface area (TPSA) is 16.4 Å². The zero-order valence-corrected chi connectivity index (χ0v) is 8.40. The van der Waals surface area contributed by atoms with Crippen molar-refractivity contribution in [1.29, 1.82) is 0 Å². The molecule has 2 rings (SSSR count). The van der Waals surface area contributed by atoms with Crippen LogP contribution in [0.5, 0.6) is 0 Å². The fourth-order valence-electron chi connectivity index (χ4n) is 1.38. The van der Waals surface area contributed by atoms with E-state index in [1.807, 2.05) is 38.4 Å². The van der Waals surface area contributed by atoms with Crippen molar-refractivity contribution >= 4 is 5.69 Å². The Hall–Kier alpha value is -1.70. The molecule has 1 heterocycles. The minimum atomic E-state index is 0.911. The van der Waals surface area contributed by atoms with Crippen LogP contribution in [-0.4, -0.2) is 14.1 Å². The highest BCUT2D eigenvalue weighted by atomic mass is 16.3. The molecule has 1 aromatic heterocycles. The second kappa shape index (κ2) is 3.58. The zero-order chi connectivity index (χ0) is 9.97. The Morgan fingerprint density at radius 1 is 1.07 bits per heavy atom. The Labute approximate surface area is 83.8 Å². The first-order valence-corrected chi connectivity index (χ1v) is 4.58. The molecule has 0 aliphatic heterocycles. The molecule has 14 heavy (non-hydrogen) atoms. The summed E-state index contributed by atoms with van der Waals surface area (Å²) in [5.74, 6) is 0.911. The molecule has 0 amide bonds. The van der Waals surface area contributed by atoms with Crippen LogP contribution in [-0.2, 0) is 0 Å². The monoisotopic (exact) mass is 187 g/mol. The van der Waals surface area contributed by atoms with Gasteiger partial charge in [0, 0.05) is 25.3 Å². The van der Waals surface area contributed by atoms with Crippen LogP contribution in [0.2, 0.25) is 0 Å². The van der Waals surface area contributed by atoms with Gasteiger partial charge in [-0.3, -0.25) is 0 Å². The van der Waals surface area contributed by atoms with Crippen LogP contribution in [0.25, 0.3) is 11.3 Å². The lowest BCUT2D eigenvalue weighted by Gasteiger charge is -2.12. The van der Waals surface area contributed by atoms with Crippen molar-refractivity contribution in [3.05, 3.63) is 42.7 Å². The molecule has 72 valence electrons. The first kappa shape index (κ1) is 8.88. The van der Waals surface area contributed by atoms with Gasteiger partial charge in [-0.05, 0) is 24.3 Å². The molecule has 1 aromatic carbocycles. The third kappa shape index (κ3) is 1.64. The van der Waals surface area contributed by atoms with Crippen LogP contribution < -0.4 is 4.90 Å². The van der Waals surface area contributed by atoms with E-state index in [1.54, 1.807) is 6.26 Å². The third-order valence-corrected chi connectivity index (χ3v) is 2.17. The van der Waals surface area contributed by atoms with Crippen LogP contribution in [0.3, 0.4) is 0 Å². The highest BCUT2D eigenvalue weighted by Crippen LogP contribution is 2.23. The van der Waals surface area contributed by atoms with Crippen molar-refractivity contribution in [1.82, 2.24) is 0 Å². The number of anilines is 1. The minimum absolute atomic E-state index is 0.911. The molecule has 2 heteroatoms. The van der Waals surface area contributed by atoms with Gasteiger partial charge in [-0.2, -0.15) is 0 Å². The van der Waals surface area contributed by atoms with E-state index in [9.17, 15) is 0 Å². The van der Waals surface area contributed by atoms with Crippen molar-refractivity contribution in [3.8, 4) is 11.3 Å². The van der Waals surface area contributed by atoms with Crippen LogP contribution in [0.4, 0.5) is 5.69 Å². The molecular formula is C12H13NO. The Kier molecular flexibility index (Phi) is 2.27. The molecule has 0 N–H and O–H groups in total. The quantitative estimate of drug-likeness (QED) is 0.718. The molecule has 2 aromatic rings. The van der Waals surface area contributed by atoms with Crippen LogP contribution in [0, 0.1) is 0 Å². The molecule has 0 radical (unpaired) electrons. The molecular weight excluding hydrogens is 174 g/mol. The van der Waals surface area contributed by atoms with E-state index in [0.717, 1.165) is 11.3 Å². The van der Waals surface area contributed by atoms with Gasteiger partial charge in [0.1, 0.15) is 5.76 Å². The number of furan rings is 1. The van der Waals surface area contributed by atoms with E-state index in [1.165, 1.54) is 5.69 Å². The summed E-state index contributed by atoms with van der Waals surface area (Å²) in [5, 5.41) is 0. The maximum atomic E-state index is 5.34. The first-order chi connectivity index (χ1) is 6.77. The molecule has 2 nitrogen and oxygen atoms in total. The SMILES string of the molecule is CN(C)c1cccc(-c2ccco2)c1. The van der Waals surface area contributed by atoms with Crippen molar-refractivity contribution in [2.75, 3.05) is 19.0 Å². The van der Waals surface area contributed by atoms with Crippen LogP contribution in [0.15, 0.2) is 47.1 Å². The maximum absolute atomic E-state index is 5.34. The fourth-order valence-corrected chi connectivity index (χ4v) is 1.38. The minimum Gasteiger partial charge on any atom is -0.464 e. The predicted octanol–water partition coefficient (Wildman–Crippen LogP) is 3.01. The second-order valence-electron chi connectivity index (χ2n) is 3.42. The van der Waals surface area contributed by atoms with Crippen molar-refractivity contribution in [2.45, 2.75) is 0 Å². The van der Waals surface area contributed by atoms with E-state index in [2.05, 4.69) is 17.0 Å². The van der Waals surface area contributed by atoms with Crippen molar-refractivity contribution in [3.63, 3.8) is 0 Å². The summed E-state index contributed by atoms with van der Waals surface area (Å²) in [6.07, 6.45) is 1.69. The molecule has 0 saturated heterocycles. The Balaban J connectivity index is 2.41. The maximum Gasteiger partial charge on any atom is 0.133 e. The lowest BCUT2D eigenvalue weighted by molar-refractivity contribution is 0.582. The summed E-state index contributed by atoms with van der Waals surface area (Å²) in [7, 11) is 4.06. The first-order valence-electron chi connectivity index (χ1n) is 4.58. The van der Waals surface area contributed by atoms with Gasteiger partial charge in [0.2, 0.25) is 0 Å². The molecule has 0 unspecified atom stereocenters. The molecule has 0 atom stereocenters. The molecule has 0 aliphatic carbocycles. The molecule has 0 spiro atoms. The summed E-state index contributed by atoms with van der Waals surface area (Å²) < 4.78 is 5.34. The highest BCUT2D eigenvalue weighted by molar-refractivity contribution is 5.64. The fraction of sp³-hybridized carbons (Fsp3) is 0.167. The van der Waals surface area contributed by atoms with E-state index >= 15 is 0 Å². The summed E-state index contributed by atoms with van der Waals surface area (Å²) >= 11 is 0. The van der Waals surface area contributed by atoms with Gasteiger partial charge in [0.15, 0.2) is 0 Å². The smallest absolute Gasteiger partial charge is 0.133 e. The second-order valence-corrected chi connectivity index (χ2v) is 3.42. The summed E-state index contributed by atoms with van der Waals surface area (Å²) in [5.41, 5.74) is 2.29. The standard InChI is InChI=1S/C12H13NO/c1-13(2)11-6-3-5-10(9-11)12-7-4-8-14-12/h3-9H,1-2H3. The van der Waals surface area contributed by atoms with Crippen molar-refractivity contribution < 1.29 is 4.42 Å². The molecule has 0 aliphatic rings. The van der Waals surface area contributed by atoms with Gasteiger partial charge < -0.3 is 9.32 Å². The van der Waals surface area contributed by atoms with Gasteiger partial charge >= 0.3 is 0 Å². The van der Waals surface area contributed by atoms with Gasteiger partial charge in [0.05, 0.1) is 6.26 Å². The number of rotatable bonds is 2. The summed E-state index contributed by atoms with van der Waals surface area (Å²) in [6, 6.07) is 12.1. The highest BCUT2D eigenvalue weighted by Gasteiger charge is 2.01. The van der Waals surface area contributed by atoms with E-state index in [-0.39, 0.29) is 0 Å². The Morgan fingerprint density at radius 2 is 1.93 bits per heavy atom. The third-order valence-electron chi connectivity index (χ3n) is 2.17. The lowest BCUT2D eigenvalue weighted by atomic mass is 10.1. The Bertz CT molecular complexity index is 404. The zero-order valence-electron chi connectivity index (χ0n) is 8.40. The molecule has 0 saturated carbocycles. The molecule has 0 bridgehead atoms.